The third-order valence-electron chi connectivity index (χ3n) is 4.72. The Morgan fingerprint density at radius 3 is 2.34 bits per heavy atom. The molecule has 0 aromatic heterocycles. The number of rotatable bonds is 4. The van der Waals surface area contributed by atoms with Crippen molar-refractivity contribution >= 4 is 34.8 Å². The van der Waals surface area contributed by atoms with Gasteiger partial charge >= 0.3 is 0 Å². The second-order valence-corrected chi connectivity index (χ2v) is 7.12. The van der Waals surface area contributed by atoms with E-state index < -0.39 is 5.91 Å². The molecule has 1 aliphatic carbocycles. The van der Waals surface area contributed by atoms with Gasteiger partial charge in [-0.15, -0.1) is 0 Å². The lowest BCUT2D eigenvalue weighted by molar-refractivity contribution is -0.118. The minimum atomic E-state index is -0.438. The molecule has 0 heterocycles. The summed E-state index contributed by atoms with van der Waals surface area (Å²) in [6.45, 7) is 1.58. The quantitative estimate of drug-likeness (QED) is 0.544. The molecule has 0 saturated heterocycles. The molecule has 0 saturated carbocycles. The molecule has 0 spiro atoms. The van der Waals surface area contributed by atoms with Gasteiger partial charge in [-0.05, 0) is 36.8 Å². The second-order valence-electron chi connectivity index (χ2n) is 6.68. The molecule has 1 amide bonds. The zero-order chi connectivity index (χ0) is 20.5. The predicted molar refractivity (Wildman–Crippen MR) is 110 cm³/mol. The summed E-state index contributed by atoms with van der Waals surface area (Å²) in [5.41, 5.74) is 2.28. The molecular weight excluding hydrogens is 390 g/mol. The number of ketones is 2. The van der Waals surface area contributed by atoms with E-state index in [1.807, 2.05) is 6.92 Å². The lowest BCUT2D eigenvalue weighted by Gasteiger charge is -2.20. The summed E-state index contributed by atoms with van der Waals surface area (Å²) in [7, 11) is 0. The molecule has 5 nitrogen and oxygen atoms in total. The van der Waals surface area contributed by atoms with E-state index >= 15 is 0 Å². The summed E-state index contributed by atoms with van der Waals surface area (Å²) in [5, 5.41) is 3.27. The molecule has 3 aromatic rings. The van der Waals surface area contributed by atoms with E-state index in [0.29, 0.717) is 21.9 Å². The highest BCUT2D eigenvalue weighted by atomic mass is 35.5. The lowest BCUT2D eigenvalue weighted by Crippen LogP contribution is -2.26. The first-order chi connectivity index (χ1) is 14.0. The fourth-order valence-electron chi connectivity index (χ4n) is 3.35. The SMILES string of the molecule is Cc1cc(Cl)ccc1OCC(=O)Nc1cccc2c1C(=O)c1ccccc1C2=O. The molecule has 144 valence electrons. The number of fused-ring (bicyclic) bond motifs is 2. The maximum absolute atomic E-state index is 13.0. The number of aryl methyl sites for hydroxylation is 1. The van der Waals surface area contributed by atoms with Crippen LogP contribution in [0.3, 0.4) is 0 Å². The monoisotopic (exact) mass is 405 g/mol. The average Bonchev–Trinajstić information content (AvgIpc) is 2.71. The predicted octanol–water partition coefficient (Wildman–Crippen LogP) is 4.44. The number of ether oxygens (including phenoxy) is 1. The van der Waals surface area contributed by atoms with Crippen molar-refractivity contribution in [3.05, 3.63) is 93.5 Å². The minimum absolute atomic E-state index is 0.201. The Kier molecular flexibility index (Phi) is 4.91. The summed E-state index contributed by atoms with van der Waals surface area (Å²) in [4.78, 5) is 38.2. The van der Waals surface area contributed by atoms with Crippen LogP contribution < -0.4 is 10.1 Å². The number of carbonyl (C=O) groups is 3. The van der Waals surface area contributed by atoms with Gasteiger partial charge in [-0.1, -0.05) is 48.0 Å². The Bertz CT molecular complexity index is 1170. The van der Waals surface area contributed by atoms with Crippen LogP contribution in [0, 0.1) is 6.92 Å². The number of anilines is 1. The summed E-state index contributed by atoms with van der Waals surface area (Å²) >= 11 is 5.92. The molecule has 0 aliphatic heterocycles. The normalized spacial score (nSPS) is 12.2. The van der Waals surface area contributed by atoms with Crippen molar-refractivity contribution in [1.29, 1.82) is 0 Å². The number of halogens is 1. The first-order valence-electron chi connectivity index (χ1n) is 8.96. The van der Waals surface area contributed by atoms with Crippen molar-refractivity contribution < 1.29 is 19.1 Å². The standard InChI is InChI=1S/C23H16ClNO4/c1-13-11-14(24)9-10-19(13)29-12-20(26)25-18-8-4-7-17-21(18)23(28)16-6-3-2-5-15(16)22(17)27/h2-11H,12H2,1H3,(H,25,26). The van der Waals surface area contributed by atoms with Gasteiger partial charge < -0.3 is 10.1 Å². The van der Waals surface area contributed by atoms with Gasteiger partial charge in [0.15, 0.2) is 18.2 Å². The Morgan fingerprint density at radius 1 is 0.931 bits per heavy atom. The van der Waals surface area contributed by atoms with Gasteiger partial charge in [0.2, 0.25) is 0 Å². The molecule has 4 rings (SSSR count). The number of benzene rings is 3. The summed E-state index contributed by atoms with van der Waals surface area (Å²) in [6.07, 6.45) is 0. The second kappa shape index (κ2) is 7.53. The van der Waals surface area contributed by atoms with Gasteiger partial charge in [0.05, 0.1) is 11.3 Å². The molecular formula is C23H16ClNO4. The lowest BCUT2D eigenvalue weighted by atomic mass is 9.83. The number of carbonyl (C=O) groups excluding carboxylic acids is 3. The Balaban J connectivity index is 1.57. The van der Waals surface area contributed by atoms with Crippen LogP contribution >= 0.6 is 11.6 Å². The van der Waals surface area contributed by atoms with Crippen LogP contribution in [0.25, 0.3) is 0 Å². The Hall–Kier alpha value is -3.44. The van der Waals surface area contributed by atoms with Crippen LogP contribution in [0.15, 0.2) is 60.7 Å². The molecule has 0 unspecified atom stereocenters. The van der Waals surface area contributed by atoms with Crippen molar-refractivity contribution in [2.24, 2.45) is 0 Å². The smallest absolute Gasteiger partial charge is 0.262 e. The van der Waals surface area contributed by atoms with Crippen molar-refractivity contribution in [2.75, 3.05) is 11.9 Å². The van der Waals surface area contributed by atoms with E-state index in [-0.39, 0.29) is 35.0 Å². The van der Waals surface area contributed by atoms with Crippen LogP contribution in [-0.4, -0.2) is 24.1 Å². The van der Waals surface area contributed by atoms with Gasteiger partial charge in [0.1, 0.15) is 5.75 Å². The highest BCUT2D eigenvalue weighted by Crippen LogP contribution is 2.32. The number of nitrogens with one attached hydrogen (secondary N) is 1. The zero-order valence-electron chi connectivity index (χ0n) is 15.5. The van der Waals surface area contributed by atoms with Crippen molar-refractivity contribution in [2.45, 2.75) is 6.92 Å². The third-order valence-corrected chi connectivity index (χ3v) is 4.96. The minimum Gasteiger partial charge on any atom is -0.483 e. The van der Waals surface area contributed by atoms with Crippen molar-refractivity contribution in [1.82, 2.24) is 0 Å². The van der Waals surface area contributed by atoms with E-state index in [1.54, 1.807) is 60.7 Å². The highest BCUT2D eigenvalue weighted by Gasteiger charge is 2.31. The van der Waals surface area contributed by atoms with Gasteiger partial charge in [0.25, 0.3) is 5.91 Å². The van der Waals surface area contributed by atoms with E-state index in [9.17, 15) is 14.4 Å². The molecule has 0 atom stereocenters. The molecule has 6 heteroatoms. The highest BCUT2D eigenvalue weighted by molar-refractivity contribution is 6.31. The van der Waals surface area contributed by atoms with Crippen molar-refractivity contribution in [3.8, 4) is 5.75 Å². The van der Waals surface area contributed by atoms with Crippen LogP contribution in [0.5, 0.6) is 5.75 Å². The van der Waals surface area contributed by atoms with Crippen LogP contribution in [0.2, 0.25) is 5.02 Å². The molecule has 1 aliphatic rings. The zero-order valence-corrected chi connectivity index (χ0v) is 16.2. The average molecular weight is 406 g/mol. The Labute approximate surface area is 172 Å². The summed E-state index contributed by atoms with van der Waals surface area (Å²) in [5.74, 6) is -0.424. The van der Waals surface area contributed by atoms with E-state index in [4.69, 9.17) is 16.3 Å². The molecule has 1 N–H and O–H groups in total. The topological polar surface area (TPSA) is 72.5 Å². The van der Waals surface area contributed by atoms with E-state index in [1.165, 1.54) is 0 Å². The van der Waals surface area contributed by atoms with Crippen LogP contribution in [0.4, 0.5) is 5.69 Å². The fourth-order valence-corrected chi connectivity index (χ4v) is 3.58. The third kappa shape index (κ3) is 3.52. The maximum Gasteiger partial charge on any atom is 0.262 e. The van der Waals surface area contributed by atoms with Gasteiger partial charge in [-0.25, -0.2) is 0 Å². The Morgan fingerprint density at radius 2 is 1.62 bits per heavy atom. The van der Waals surface area contributed by atoms with E-state index in [2.05, 4.69) is 5.32 Å². The maximum atomic E-state index is 13.0. The first kappa shape index (κ1) is 18.9. The molecule has 29 heavy (non-hydrogen) atoms. The number of amides is 1. The largest absolute Gasteiger partial charge is 0.483 e. The van der Waals surface area contributed by atoms with Gasteiger partial charge in [-0.3, -0.25) is 14.4 Å². The number of hydrogen-bond acceptors (Lipinski definition) is 4. The molecule has 0 bridgehead atoms. The van der Waals surface area contributed by atoms with Gasteiger partial charge in [0, 0.05) is 21.7 Å². The molecule has 3 aromatic carbocycles. The first-order valence-corrected chi connectivity index (χ1v) is 9.34. The number of hydrogen-bond donors (Lipinski definition) is 1. The summed E-state index contributed by atoms with van der Waals surface area (Å²) in [6, 6.07) is 16.6. The summed E-state index contributed by atoms with van der Waals surface area (Å²) < 4.78 is 5.55. The van der Waals surface area contributed by atoms with Crippen LogP contribution in [-0.2, 0) is 4.79 Å². The molecule has 0 radical (unpaired) electrons. The fraction of sp³-hybridized carbons (Fsp3) is 0.0870. The van der Waals surface area contributed by atoms with E-state index in [0.717, 1.165) is 5.56 Å². The van der Waals surface area contributed by atoms with Crippen LogP contribution in [0.1, 0.15) is 37.4 Å². The van der Waals surface area contributed by atoms with Gasteiger partial charge in [-0.2, -0.15) is 0 Å². The van der Waals surface area contributed by atoms with Crippen molar-refractivity contribution in [3.63, 3.8) is 0 Å². The molecule has 0 fully saturated rings.